The second-order valence-corrected chi connectivity index (χ2v) is 3.90. The van der Waals surface area contributed by atoms with Gasteiger partial charge in [-0.1, -0.05) is 0 Å². The van der Waals surface area contributed by atoms with Crippen LogP contribution in [-0.4, -0.2) is 22.2 Å². The van der Waals surface area contributed by atoms with Crippen molar-refractivity contribution < 1.29 is 4.74 Å². The van der Waals surface area contributed by atoms with Crippen LogP contribution in [0, 0.1) is 12.3 Å². The fraction of sp³-hybridized carbons (Fsp3) is 0.231. The fourth-order valence-electron chi connectivity index (χ4n) is 1.78. The van der Waals surface area contributed by atoms with Gasteiger partial charge in [-0.15, -0.1) is 0 Å². The van der Waals surface area contributed by atoms with Gasteiger partial charge in [0.25, 0.3) is 0 Å². The van der Waals surface area contributed by atoms with Gasteiger partial charge in [-0.25, -0.2) is 4.68 Å². The SMILES string of the molecule is CCOc1ccc(-n2ncc(C(=N)N)c2C)cc1. The summed E-state index contributed by atoms with van der Waals surface area (Å²) in [6, 6.07) is 7.64. The summed E-state index contributed by atoms with van der Waals surface area (Å²) in [5, 5.41) is 11.7. The van der Waals surface area contributed by atoms with Crippen molar-refractivity contribution in [1.82, 2.24) is 9.78 Å². The van der Waals surface area contributed by atoms with E-state index in [9.17, 15) is 0 Å². The van der Waals surface area contributed by atoms with Crippen LogP contribution in [0.15, 0.2) is 30.5 Å². The van der Waals surface area contributed by atoms with Crippen molar-refractivity contribution in [3.8, 4) is 11.4 Å². The van der Waals surface area contributed by atoms with E-state index in [1.807, 2.05) is 38.1 Å². The van der Waals surface area contributed by atoms with Crippen LogP contribution in [0.1, 0.15) is 18.2 Å². The highest BCUT2D eigenvalue weighted by Crippen LogP contribution is 2.17. The number of rotatable bonds is 4. The van der Waals surface area contributed by atoms with Gasteiger partial charge in [-0.3, -0.25) is 5.41 Å². The monoisotopic (exact) mass is 244 g/mol. The molecule has 1 aromatic carbocycles. The molecule has 0 unspecified atom stereocenters. The van der Waals surface area contributed by atoms with E-state index < -0.39 is 0 Å². The maximum atomic E-state index is 7.45. The summed E-state index contributed by atoms with van der Waals surface area (Å²) in [7, 11) is 0. The van der Waals surface area contributed by atoms with Crippen LogP contribution < -0.4 is 10.5 Å². The Hall–Kier alpha value is -2.30. The van der Waals surface area contributed by atoms with E-state index in [0.717, 1.165) is 17.1 Å². The van der Waals surface area contributed by atoms with Crippen LogP contribution in [0.2, 0.25) is 0 Å². The molecule has 0 aliphatic heterocycles. The molecule has 2 aromatic rings. The molecule has 3 N–H and O–H groups in total. The molecule has 0 aliphatic rings. The summed E-state index contributed by atoms with van der Waals surface area (Å²) in [5.74, 6) is 0.863. The molecule has 2 rings (SSSR count). The first-order valence-electron chi connectivity index (χ1n) is 5.75. The van der Waals surface area contributed by atoms with Gasteiger partial charge in [-0.05, 0) is 38.1 Å². The summed E-state index contributed by atoms with van der Waals surface area (Å²) in [5.41, 5.74) is 7.91. The Bertz CT molecular complexity index is 557. The van der Waals surface area contributed by atoms with Crippen molar-refractivity contribution in [1.29, 1.82) is 5.41 Å². The molecule has 1 heterocycles. The van der Waals surface area contributed by atoms with E-state index in [-0.39, 0.29) is 5.84 Å². The largest absolute Gasteiger partial charge is 0.494 e. The molecule has 0 saturated carbocycles. The van der Waals surface area contributed by atoms with Crippen molar-refractivity contribution in [2.75, 3.05) is 6.61 Å². The number of benzene rings is 1. The second kappa shape index (κ2) is 4.91. The van der Waals surface area contributed by atoms with E-state index in [0.29, 0.717) is 12.2 Å². The molecule has 0 atom stereocenters. The third-order valence-electron chi connectivity index (χ3n) is 2.69. The van der Waals surface area contributed by atoms with E-state index in [2.05, 4.69) is 5.10 Å². The van der Waals surface area contributed by atoms with E-state index in [4.69, 9.17) is 15.9 Å². The van der Waals surface area contributed by atoms with Gasteiger partial charge in [0.15, 0.2) is 0 Å². The zero-order chi connectivity index (χ0) is 13.1. The summed E-state index contributed by atoms with van der Waals surface area (Å²) < 4.78 is 7.14. The Morgan fingerprint density at radius 1 is 1.39 bits per heavy atom. The van der Waals surface area contributed by atoms with E-state index >= 15 is 0 Å². The highest BCUT2D eigenvalue weighted by atomic mass is 16.5. The summed E-state index contributed by atoms with van der Waals surface area (Å²) in [6.45, 7) is 4.49. The predicted molar refractivity (Wildman–Crippen MR) is 70.5 cm³/mol. The number of nitrogen functional groups attached to an aromatic ring is 1. The zero-order valence-corrected chi connectivity index (χ0v) is 10.5. The molecule has 94 valence electrons. The first kappa shape index (κ1) is 12.2. The molecule has 0 bridgehead atoms. The minimum Gasteiger partial charge on any atom is -0.494 e. The van der Waals surface area contributed by atoms with Gasteiger partial charge in [0.05, 0.1) is 29.7 Å². The number of nitrogens with zero attached hydrogens (tertiary/aromatic N) is 2. The lowest BCUT2D eigenvalue weighted by Crippen LogP contribution is -2.12. The number of aromatic nitrogens is 2. The number of amidine groups is 1. The lowest BCUT2D eigenvalue weighted by Gasteiger charge is -2.07. The first-order valence-corrected chi connectivity index (χ1v) is 5.75. The minimum absolute atomic E-state index is 0.0321. The number of ether oxygens (including phenoxy) is 1. The highest BCUT2D eigenvalue weighted by molar-refractivity contribution is 5.95. The van der Waals surface area contributed by atoms with Crippen LogP contribution in [0.25, 0.3) is 5.69 Å². The average Bonchev–Trinajstić information content (AvgIpc) is 2.73. The minimum atomic E-state index is 0.0321. The van der Waals surface area contributed by atoms with Crippen molar-refractivity contribution >= 4 is 5.84 Å². The van der Waals surface area contributed by atoms with E-state index in [1.165, 1.54) is 0 Å². The molecule has 0 radical (unpaired) electrons. The predicted octanol–water partition coefficient (Wildman–Crippen LogP) is 1.86. The number of hydrogen-bond acceptors (Lipinski definition) is 3. The molecule has 0 amide bonds. The first-order chi connectivity index (χ1) is 8.63. The number of nitrogens with one attached hydrogen (secondary N) is 1. The molecule has 1 aromatic heterocycles. The Labute approximate surface area is 106 Å². The standard InChI is InChI=1S/C13H16N4O/c1-3-18-11-6-4-10(5-7-11)17-9(2)12(8-16-17)13(14)15/h4-8H,3H2,1-2H3,(H3,14,15). The maximum Gasteiger partial charge on any atom is 0.126 e. The number of hydrogen-bond donors (Lipinski definition) is 2. The van der Waals surface area contributed by atoms with Gasteiger partial charge in [0.1, 0.15) is 11.6 Å². The van der Waals surface area contributed by atoms with Crippen molar-refractivity contribution in [2.24, 2.45) is 5.73 Å². The van der Waals surface area contributed by atoms with Crippen LogP contribution in [0.3, 0.4) is 0 Å². The highest BCUT2D eigenvalue weighted by Gasteiger charge is 2.09. The Kier molecular flexibility index (Phi) is 3.32. The summed E-state index contributed by atoms with van der Waals surface area (Å²) in [6.07, 6.45) is 1.61. The van der Waals surface area contributed by atoms with Crippen LogP contribution >= 0.6 is 0 Å². The van der Waals surface area contributed by atoms with Gasteiger partial charge in [0.2, 0.25) is 0 Å². The number of nitrogens with two attached hydrogens (primary N) is 1. The lowest BCUT2D eigenvalue weighted by molar-refractivity contribution is 0.340. The molecule has 5 heteroatoms. The van der Waals surface area contributed by atoms with Gasteiger partial charge in [-0.2, -0.15) is 5.10 Å². The smallest absolute Gasteiger partial charge is 0.126 e. The molecule has 0 fully saturated rings. The maximum absolute atomic E-state index is 7.45. The zero-order valence-electron chi connectivity index (χ0n) is 10.5. The van der Waals surface area contributed by atoms with Crippen LogP contribution in [0.4, 0.5) is 0 Å². The molecule has 0 spiro atoms. The van der Waals surface area contributed by atoms with Crippen molar-refractivity contribution in [2.45, 2.75) is 13.8 Å². The Morgan fingerprint density at radius 3 is 2.56 bits per heavy atom. The topological polar surface area (TPSA) is 76.9 Å². The lowest BCUT2D eigenvalue weighted by atomic mass is 10.2. The van der Waals surface area contributed by atoms with E-state index in [1.54, 1.807) is 10.9 Å². The summed E-state index contributed by atoms with van der Waals surface area (Å²) >= 11 is 0. The molecule has 18 heavy (non-hydrogen) atoms. The second-order valence-electron chi connectivity index (χ2n) is 3.90. The molecular formula is C13H16N4O. The van der Waals surface area contributed by atoms with Gasteiger partial charge in [0, 0.05) is 0 Å². The third-order valence-corrected chi connectivity index (χ3v) is 2.69. The van der Waals surface area contributed by atoms with Crippen molar-refractivity contribution in [3.63, 3.8) is 0 Å². The van der Waals surface area contributed by atoms with Crippen LogP contribution in [-0.2, 0) is 0 Å². The third kappa shape index (κ3) is 2.20. The molecular weight excluding hydrogens is 228 g/mol. The summed E-state index contributed by atoms with van der Waals surface area (Å²) in [4.78, 5) is 0. The van der Waals surface area contributed by atoms with Gasteiger partial charge >= 0.3 is 0 Å². The molecule has 0 aliphatic carbocycles. The Balaban J connectivity index is 2.34. The quantitative estimate of drug-likeness (QED) is 0.636. The average molecular weight is 244 g/mol. The molecule has 0 saturated heterocycles. The van der Waals surface area contributed by atoms with Gasteiger partial charge < -0.3 is 10.5 Å². The van der Waals surface area contributed by atoms with Crippen molar-refractivity contribution in [3.05, 3.63) is 41.7 Å². The Morgan fingerprint density at radius 2 is 2.06 bits per heavy atom. The fourth-order valence-corrected chi connectivity index (χ4v) is 1.78. The van der Waals surface area contributed by atoms with Crippen LogP contribution in [0.5, 0.6) is 5.75 Å². The normalized spacial score (nSPS) is 10.3. The molecule has 5 nitrogen and oxygen atoms in total.